The number of ketones is 1. The second kappa shape index (κ2) is 7.62. The summed E-state index contributed by atoms with van der Waals surface area (Å²) in [4.78, 5) is 23.6. The van der Waals surface area contributed by atoms with Crippen molar-refractivity contribution in [2.75, 3.05) is 5.32 Å². The molecule has 23 heavy (non-hydrogen) atoms. The summed E-state index contributed by atoms with van der Waals surface area (Å²) in [5.41, 5.74) is 1.09. The Hall–Kier alpha value is -1.85. The molecule has 0 unspecified atom stereocenters. The molecule has 1 amide bonds. The van der Waals surface area contributed by atoms with E-state index in [4.69, 9.17) is 16.3 Å². The van der Waals surface area contributed by atoms with Crippen LogP contribution in [0, 0.1) is 0 Å². The fourth-order valence-electron chi connectivity index (χ4n) is 1.87. The predicted octanol–water partition coefficient (Wildman–Crippen LogP) is 4.71. The van der Waals surface area contributed by atoms with Gasteiger partial charge in [0.1, 0.15) is 5.75 Å². The van der Waals surface area contributed by atoms with Gasteiger partial charge in [0, 0.05) is 16.3 Å². The molecule has 6 heteroatoms. The highest BCUT2D eigenvalue weighted by atomic mass is 79.9. The van der Waals surface area contributed by atoms with E-state index in [1.165, 1.54) is 6.92 Å². The van der Waals surface area contributed by atoms with Crippen molar-refractivity contribution in [2.24, 2.45) is 0 Å². The van der Waals surface area contributed by atoms with Crippen LogP contribution in [0.1, 0.15) is 24.2 Å². The Morgan fingerprint density at radius 2 is 1.96 bits per heavy atom. The molecule has 0 radical (unpaired) electrons. The molecular weight excluding hydrogens is 382 g/mol. The summed E-state index contributed by atoms with van der Waals surface area (Å²) >= 11 is 9.21. The normalized spacial score (nSPS) is 11.7. The SMILES string of the molecule is CC(=O)c1cccc(NC(=O)[C@@H](C)Oc2ccc(Cl)cc2Br)c1. The first-order chi connectivity index (χ1) is 10.9. The molecule has 0 aromatic heterocycles. The van der Waals surface area contributed by atoms with E-state index in [2.05, 4.69) is 21.2 Å². The van der Waals surface area contributed by atoms with Crippen molar-refractivity contribution in [3.8, 4) is 5.75 Å². The number of benzene rings is 2. The number of hydrogen-bond donors (Lipinski definition) is 1. The monoisotopic (exact) mass is 395 g/mol. The van der Waals surface area contributed by atoms with Gasteiger partial charge in [-0.1, -0.05) is 23.7 Å². The molecular formula is C17H15BrClNO3. The van der Waals surface area contributed by atoms with Crippen LogP contribution >= 0.6 is 27.5 Å². The van der Waals surface area contributed by atoms with Gasteiger partial charge < -0.3 is 10.1 Å². The van der Waals surface area contributed by atoms with Crippen molar-refractivity contribution in [1.29, 1.82) is 0 Å². The minimum absolute atomic E-state index is 0.0597. The van der Waals surface area contributed by atoms with Gasteiger partial charge in [-0.2, -0.15) is 0 Å². The average molecular weight is 397 g/mol. The molecule has 0 spiro atoms. The highest BCUT2D eigenvalue weighted by Crippen LogP contribution is 2.28. The predicted molar refractivity (Wildman–Crippen MR) is 94.3 cm³/mol. The third-order valence-electron chi connectivity index (χ3n) is 3.10. The lowest BCUT2D eigenvalue weighted by molar-refractivity contribution is -0.122. The number of hydrogen-bond acceptors (Lipinski definition) is 3. The minimum Gasteiger partial charge on any atom is -0.480 e. The third-order valence-corrected chi connectivity index (χ3v) is 3.96. The van der Waals surface area contributed by atoms with Gasteiger partial charge in [0.15, 0.2) is 11.9 Å². The van der Waals surface area contributed by atoms with Crippen molar-refractivity contribution in [2.45, 2.75) is 20.0 Å². The number of nitrogens with one attached hydrogen (secondary N) is 1. The van der Waals surface area contributed by atoms with Crippen molar-refractivity contribution in [1.82, 2.24) is 0 Å². The van der Waals surface area contributed by atoms with Crippen molar-refractivity contribution in [3.63, 3.8) is 0 Å². The summed E-state index contributed by atoms with van der Waals surface area (Å²) in [5, 5.41) is 3.30. The van der Waals surface area contributed by atoms with Crippen LogP contribution in [0.4, 0.5) is 5.69 Å². The maximum Gasteiger partial charge on any atom is 0.265 e. The summed E-state index contributed by atoms with van der Waals surface area (Å²) in [6.45, 7) is 3.12. The van der Waals surface area contributed by atoms with Gasteiger partial charge in [0.05, 0.1) is 4.47 Å². The summed E-state index contributed by atoms with van der Waals surface area (Å²) < 4.78 is 6.30. The van der Waals surface area contributed by atoms with Crippen molar-refractivity contribution in [3.05, 3.63) is 57.5 Å². The quantitative estimate of drug-likeness (QED) is 0.745. The van der Waals surface area contributed by atoms with Gasteiger partial charge in [-0.3, -0.25) is 9.59 Å². The van der Waals surface area contributed by atoms with Crippen LogP contribution in [0.2, 0.25) is 5.02 Å². The Labute approximate surface area is 147 Å². The van der Waals surface area contributed by atoms with E-state index in [0.29, 0.717) is 26.5 Å². The Bertz CT molecular complexity index is 748. The van der Waals surface area contributed by atoms with E-state index in [9.17, 15) is 9.59 Å². The summed E-state index contributed by atoms with van der Waals surface area (Å²) in [7, 11) is 0. The maximum atomic E-state index is 12.2. The molecule has 2 rings (SSSR count). The van der Waals surface area contributed by atoms with Crippen LogP contribution in [0.25, 0.3) is 0 Å². The van der Waals surface area contributed by atoms with E-state index >= 15 is 0 Å². The number of Topliss-reactive ketones (excluding diaryl/α,β-unsaturated/α-hetero) is 1. The van der Waals surface area contributed by atoms with E-state index in [1.54, 1.807) is 49.4 Å². The molecule has 0 saturated carbocycles. The van der Waals surface area contributed by atoms with Gasteiger partial charge in [0.25, 0.3) is 5.91 Å². The van der Waals surface area contributed by atoms with Crippen LogP contribution in [0.5, 0.6) is 5.75 Å². The number of carbonyl (C=O) groups is 2. The van der Waals surface area contributed by atoms with E-state index in [1.807, 2.05) is 0 Å². The zero-order valence-corrected chi connectivity index (χ0v) is 14.9. The molecule has 2 aromatic rings. The lowest BCUT2D eigenvalue weighted by Gasteiger charge is -2.16. The minimum atomic E-state index is -0.714. The van der Waals surface area contributed by atoms with Crippen LogP contribution in [-0.4, -0.2) is 17.8 Å². The van der Waals surface area contributed by atoms with Gasteiger partial charge in [-0.25, -0.2) is 0 Å². The summed E-state index contributed by atoms with van der Waals surface area (Å²) in [6.07, 6.45) is -0.714. The number of halogens is 2. The molecule has 4 nitrogen and oxygen atoms in total. The van der Waals surface area contributed by atoms with Crippen LogP contribution in [0.3, 0.4) is 0 Å². The Balaban J connectivity index is 2.05. The number of ether oxygens (including phenoxy) is 1. The molecule has 120 valence electrons. The first-order valence-corrected chi connectivity index (χ1v) is 8.07. The summed E-state index contributed by atoms with van der Waals surface area (Å²) in [5.74, 6) is 0.151. The lowest BCUT2D eigenvalue weighted by atomic mass is 10.1. The number of anilines is 1. The molecule has 1 N–H and O–H groups in total. The van der Waals surface area contributed by atoms with Crippen LogP contribution in [0.15, 0.2) is 46.9 Å². The standard InChI is InChI=1S/C17H15BrClNO3/c1-10(21)12-4-3-5-14(8-12)20-17(22)11(2)23-16-7-6-13(19)9-15(16)18/h3-9,11H,1-2H3,(H,20,22)/t11-/m1/s1. The summed E-state index contributed by atoms with van der Waals surface area (Å²) in [6, 6.07) is 11.8. The number of amides is 1. The Morgan fingerprint density at radius 3 is 2.61 bits per heavy atom. The molecule has 0 fully saturated rings. The first kappa shape index (κ1) is 17.5. The topological polar surface area (TPSA) is 55.4 Å². The molecule has 2 aromatic carbocycles. The Kier molecular flexibility index (Phi) is 5.80. The van der Waals surface area contributed by atoms with Crippen molar-refractivity contribution < 1.29 is 14.3 Å². The fraction of sp³-hybridized carbons (Fsp3) is 0.176. The average Bonchev–Trinajstić information content (AvgIpc) is 2.50. The van der Waals surface area contributed by atoms with Crippen LogP contribution in [-0.2, 0) is 4.79 Å². The smallest absolute Gasteiger partial charge is 0.265 e. The molecule has 0 aliphatic heterocycles. The van der Waals surface area contributed by atoms with E-state index in [0.717, 1.165) is 0 Å². The van der Waals surface area contributed by atoms with Crippen molar-refractivity contribution >= 4 is 44.9 Å². The molecule has 0 heterocycles. The molecule has 0 aliphatic carbocycles. The largest absolute Gasteiger partial charge is 0.480 e. The first-order valence-electron chi connectivity index (χ1n) is 6.90. The number of carbonyl (C=O) groups excluding carboxylic acids is 2. The van der Waals surface area contributed by atoms with E-state index in [-0.39, 0.29) is 11.7 Å². The second-order valence-corrected chi connectivity index (χ2v) is 6.25. The number of rotatable bonds is 5. The molecule has 0 aliphatic rings. The van der Waals surface area contributed by atoms with Gasteiger partial charge >= 0.3 is 0 Å². The highest BCUT2D eigenvalue weighted by Gasteiger charge is 2.16. The molecule has 1 atom stereocenters. The van der Waals surface area contributed by atoms with Gasteiger partial charge in [-0.05, 0) is 60.1 Å². The molecule has 0 saturated heterocycles. The Morgan fingerprint density at radius 1 is 1.22 bits per heavy atom. The van der Waals surface area contributed by atoms with Gasteiger partial charge in [-0.15, -0.1) is 0 Å². The highest BCUT2D eigenvalue weighted by molar-refractivity contribution is 9.10. The maximum absolute atomic E-state index is 12.2. The van der Waals surface area contributed by atoms with Gasteiger partial charge in [0.2, 0.25) is 0 Å². The molecule has 0 bridgehead atoms. The second-order valence-electron chi connectivity index (χ2n) is 4.96. The lowest BCUT2D eigenvalue weighted by Crippen LogP contribution is -2.30. The zero-order valence-electron chi connectivity index (χ0n) is 12.6. The fourth-order valence-corrected chi connectivity index (χ4v) is 2.65. The zero-order chi connectivity index (χ0) is 17.0. The van der Waals surface area contributed by atoms with E-state index < -0.39 is 6.10 Å². The third kappa shape index (κ3) is 4.81. The van der Waals surface area contributed by atoms with Crippen LogP contribution < -0.4 is 10.1 Å².